The Hall–Kier alpha value is -1.39. The Labute approximate surface area is 106 Å². The molecule has 0 aromatic carbocycles. The average Bonchev–Trinajstić information content (AvgIpc) is 2.39. The van der Waals surface area contributed by atoms with E-state index in [1.165, 1.54) is 5.56 Å². The number of hydrogen-bond donors (Lipinski definition) is 1. The fraction of sp³-hybridized carbons (Fsp3) is 0.231. The van der Waals surface area contributed by atoms with Crippen LogP contribution in [0.2, 0.25) is 0 Å². The summed E-state index contributed by atoms with van der Waals surface area (Å²) in [6, 6.07) is 8.13. The minimum absolute atomic E-state index is 0.879. The van der Waals surface area contributed by atoms with Gasteiger partial charge in [-0.15, -0.1) is 0 Å². The molecule has 0 saturated carbocycles. The highest BCUT2D eigenvalue weighted by atomic mass is 32.2. The van der Waals surface area contributed by atoms with Gasteiger partial charge in [0.15, 0.2) is 0 Å². The van der Waals surface area contributed by atoms with Crippen molar-refractivity contribution in [3.05, 3.63) is 48.4 Å². The van der Waals surface area contributed by atoms with Crippen molar-refractivity contribution < 1.29 is 0 Å². The van der Waals surface area contributed by atoms with Crippen molar-refractivity contribution in [3.63, 3.8) is 0 Å². The van der Waals surface area contributed by atoms with Gasteiger partial charge in [-0.05, 0) is 30.3 Å². The van der Waals surface area contributed by atoms with Crippen molar-refractivity contribution in [1.82, 2.24) is 15.3 Å². The lowest BCUT2D eigenvalue weighted by molar-refractivity contribution is 0.723. The Morgan fingerprint density at radius 1 is 1.18 bits per heavy atom. The Kier molecular flexibility index (Phi) is 4.53. The maximum absolute atomic E-state index is 4.43. The molecule has 0 fully saturated rings. The molecule has 0 aliphatic rings. The van der Waals surface area contributed by atoms with Crippen LogP contribution in [0.25, 0.3) is 0 Å². The second kappa shape index (κ2) is 6.37. The van der Waals surface area contributed by atoms with Gasteiger partial charge in [-0.3, -0.25) is 4.98 Å². The van der Waals surface area contributed by atoms with Crippen LogP contribution >= 0.6 is 11.8 Å². The molecule has 0 saturated heterocycles. The number of rotatable bonds is 5. The minimum atomic E-state index is 0.879. The third-order valence-electron chi connectivity index (χ3n) is 2.25. The molecular formula is C13H15N3S. The van der Waals surface area contributed by atoms with E-state index in [4.69, 9.17) is 0 Å². The van der Waals surface area contributed by atoms with Gasteiger partial charge in [0.05, 0.1) is 0 Å². The van der Waals surface area contributed by atoms with Gasteiger partial charge in [-0.1, -0.05) is 24.8 Å². The molecule has 0 amide bonds. The molecule has 2 aromatic heterocycles. The third-order valence-corrected chi connectivity index (χ3v) is 3.21. The zero-order chi connectivity index (χ0) is 11.9. The van der Waals surface area contributed by atoms with Crippen molar-refractivity contribution >= 4 is 11.8 Å². The smallest absolute Gasteiger partial charge is 0.101 e. The molecule has 88 valence electrons. The lowest BCUT2D eigenvalue weighted by Crippen LogP contribution is -2.11. The molecular weight excluding hydrogens is 230 g/mol. The van der Waals surface area contributed by atoms with E-state index < -0.39 is 0 Å². The summed E-state index contributed by atoms with van der Waals surface area (Å²) in [6.07, 6.45) is 5.51. The molecule has 0 radical (unpaired) electrons. The molecule has 0 aliphatic heterocycles. The Morgan fingerprint density at radius 2 is 2.00 bits per heavy atom. The van der Waals surface area contributed by atoms with Crippen LogP contribution in [-0.2, 0) is 6.54 Å². The molecule has 4 heteroatoms. The van der Waals surface area contributed by atoms with Crippen LogP contribution in [0.3, 0.4) is 0 Å². The molecule has 0 spiro atoms. The first-order valence-electron chi connectivity index (χ1n) is 5.62. The maximum Gasteiger partial charge on any atom is 0.101 e. The summed E-state index contributed by atoms with van der Waals surface area (Å²) in [5.41, 5.74) is 1.21. The van der Waals surface area contributed by atoms with Crippen LogP contribution in [0.4, 0.5) is 0 Å². The number of nitrogens with zero attached hydrogens (tertiary/aromatic N) is 2. The molecule has 17 heavy (non-hydrogen) atoms. The molecule has 0 unspecified atom stereocenters. The van der Waals surface area contributed by atoms with Gasteiger partial charge in [-0.25, -0.2) is 4.98 Å². The highest BCUT2D eigenvalue weighted by Crippen LogP contribution is 2.24. The van der Waals surface area contributed by atoms with E-state index >= 15 is 0 Å². The zero-order valence-corrected chi connectivity index (χ0v) is 10.6. The SMILES string of the molecule is CCNCc1ccc(Sc2ccncc2)nc1. The molecule has 0 aliphatic carbocycles. The van der Waals surface area contributed by atoms with E-state index in [1.807, 2.05) is 18.3 Å². The van der Waals surface area contributed by atoms with E-state index in [1.54, 1.807) is 24.2 Å². The quantitative estimate of drug-likeness (QED) is 0.879. The summed E-state index contributed by atoms with van der Waals surface area (Å²) in [4.78, 5) is 9.58. The number of aromatic nitrogens is 2. The lowest BCUT2D eigenvalue weighted by atomic mass is 10.3. The molecule has 0 bridgehead atoms. The van der Waals surface area contributed by atoms with Gasteiger partial charge in [0, 0.05) is 30.0 Å². The largest absolute Gasteiger partial charge is 0.313 e. The first-order valence-corrected chi connectivity index (χ1v) is 6.43. The van der Waals surface area contributed by atoms with Crippen molar-refractivity contribution in [3.8, 4) is 0 Å². The predicted octanol–water partition coefficient (Wildman–Crippen LogP) is 2.74. The lowest BCUT2D eigenvalue weighted by Gasteiger charge is -2.03. The third kappa shape index (κ3) is 3.84. The van der Waals surface area contributed by atoms with Crippen LogP contribution in [0.1, 0.15) is 12.5 Å². The fourth-order valence-electron chi connectivity index (χ4n) is 1.37. The summed E-state index contributed by atoms with van der Waals surface area (Å²) in [5, 5.41) is 4.29. The van der Waals surface area contributed by atoms with Crippen LogP contribution in [0, 0.1) is 0 Å². The molecule has 3 nitrogen and oxygen atoms in total. The van der Waals surface area contributed by atoms with Gasteiger partial charge in [0.25, 0.3) is 0 Å². The van der Waals surface area contributed by atoms with Gasteiger partial charge >= 0.3 is 0 Å². The normalized spacial score (nSPS) is 10.4. The standard InChI is InChI=1S/C13H15N3S/c1-2-14-9-11-3-4-13(16-10-11)17-12-5-7-15-8-6-12/h3-8,10,14H,2,9H2,1H3. The topological polar surface area (TPSA) is 37.8 Å². The van der Waals surface area contributed by atoms with Crippen molar-refractivity contribution in [2.75, 3.05) is 6.54 Å². The van der Waals surface area contributed by atoms with Crippen LogP contribution in [-0.4, -0.2) is 16.5 Å². The van der Waals surface area contributed by atoms with E-state index in [2.05, 4.69) is 34.3 Å². The van der Waals surface area contributed by atoms with Crippen molar-refractivity contribution in [2.45, 2.75) is 23.4 Å². The maximum atomic E-state index is 4.43. The number of hydrogen-bond acceptors (Lipinski definition) is 4. The minimum Gasteiger partial charge on any atom is -0.313 e. The first-order chi connectivity index (χ1) is 8.38. The Bertz CT molecular complexity index is 442. The van der Waals surface area contributed by atoms with E-state index in [0.717, 1.165) is 23.0 Å². The highest BCUT2D eigenvalue weighted by molar-refractivity contribution is 7.99. The van der Waals surface area contributed by atoms with Gasteiger partial charge < -0.3 is 5.32 Å². The Morgan fingerprint density at radius 3 is 2.65 bits per heavy atom. The summed E-state index contributed by atoms with van der Waals surface area (Å²) in [5.74, 6) is 0. The fourth-order valence-corrected chi connectivity index (χ4v) is 2.11. The molecule has 2 rings (SSSR count). The zero-order valence-electron chi connectivity index (χ0n) is 9.76. The van der Waals surface area contributed by atoms with E-state index in [-0.39, 0.29) is 0 Å². The molecule has 2 heterocycles. The summed E-state index contributed by atoms with van der Waals surface area (Å²) in [7, 11) is 0. The summed E-state index contributed by atoms with van der Waals surface area (Å²) < 4.78 is 0. The predicted molar refractivity (Wildman–Crippen MR) is 70.0 cm³/mol. The van der Waals surface area contributed by atoms with Gasteiger partial charge in [0.2, 0.25) is 0 Å². The van der Waals surface area contributed by atoms with Crippen LogP contribution < -0.4 is 5.32 Å². The number of nitrogens with one attached hydrogen (secondary N) is 1. The molecule has 1 N–H and O–H groups in total. The molecule has 0 atom stereocenters. The second-order valence-electron chi connectivity index (χ2n) is 3.57. The van der Waals surface area contributed by atoms with E-state index in [9.17, 15) is 0 Å². The van der Waals surface area contributed by atoms with Crippen LogP contribution in [0.15, 0.2) is 52.8 Å². The highest BCUT2D eigenvalue weighted by Gasteiger charge is 1.98. The van der Waals surface area contributed by atoms with Crippen molar-refractivity contribution in [1.29, 1.82) is 0 Å². The number of pyridine rings is 2. The monoisotopic (exact) mass is 245 g/mol. The van der Waals surface area contributed by atoms with Gasteiger partial charge in [-0.2, -0.15) is 0 Å². The van der Waals surface area contributed by atoms with Crippen LogP contribution in [0.5, 0.6) is 0 Å². The summed E-state index contributed by atoms with van der Waals surface area (Å²) in [6.45, 7) is 3.96. The second-order valence-corrected chi connectivity index (χ2v) is 4.66. The molecule has 2 aromatic rings. The Balaban J connectivity index is 1.98. The van der Waals surface area contributed by atoms with Gasteiger partial charge in [0.1, 0.15) is 5.03 Å². The average molecular weight is 245 g/mol. The first kappa shape index (κ1) is 12.1. The van der Waals surface area contributed by atoms with Crippen molar-refractivity contribution in [2.24, 2.45) is 0 Å². The van der Waals surface area contributed by atoms with E-state index in [0.29, 0.717) is 0 Å². The summed E-state index contributed by atoms with van der Waals surface area (Å²) >= 11 is 1.65.